The molecule has 1 aliphatic heterocycles. The highest BCUT2D eigenvalue weighted by molar-refractivity contribution is 6.21. The number of fused-ring (bicyclic) bond motifs is 1. The van der Waals surface area contributed by atoms with Crippen LogP contribution in [-0.2, 0) is 16.1 Å². The molecule has 1 atom stereocenters. The molecule has 7 heteroatoms. The van der Waals surface area contributed by atoms with Crippen LogP contribution in [0.5, 0.6) is 0 Å². The Morgan fingerprint density at radius 2 is 1.61 bits per heavy atom. The predicted molar refractivity (Wildman–Crippen MR) is 126 cm³/mol. The Kier molecular flexibility index (Phi) is 7.98. The van der Waals surface area contributed by atoms with E-state index in [1.165, 1.54) is 4.90 Å². The topological polar surface area (TPSA) is 86.8 Å². The van der Waals surface area contributed by atoms with E-state index in [0.29, 0.717) is 30.6 Å². The highest BCUT2D eigenvalue weighted by atomic mass is 16.2. The second kappa shape index (κ2) is 10.9. The number of carbonyl (C=O) groups is 4. The maximum atomic E-state index is 13.2. The quantitative estimate of drug-likeness (QED) is 0.564. The third-order valence-corrected chi connectivity index (χ3v) is 5.97. The fraction of sp³-hybridized carbons (Fsp3) is 0.385. The van der Waals surface area contributed by atoms with Gasteiger partial charge < -0.3 is 10.2 Å². The van der Waals surface area contributed by atoms with Gasteiger partial charge in [-0.3, -0.25) is 24.1 Å². The molecule has 33 heavy (non-hydrogen) atoms. The average molecular weight is 450 g/mol. The van der Waals surface area contributed by atoms with Gasteiger partial charge in [-0.25, -0.2) is 0 Å². The van der Waals surface area contributed by atoms with Crippen LogP contribution in [0.25, 0.3) is 0 Å². The van der Waals surface area contributed by atoms with Gasteiger partial charge in [-0.1, -0.05) is 43.3 Å². The van der Waals surface area contributed by atoms with Crippen molar-refractivity contribution < 1.29 is 19.2 Å². The molecule has 2 aromatic carbocycles. The van der Waals surface area contributed by atoms with Crippen molar-refractivity contribution in [2.75, 3.05) is 13.1 Å². The minimum atomic E-state index is -0.636. The SMILES string of the molecule is CCCNC(=O)[C@H](C)N(Cc1ccccc1C)C(=O)CCCN1C(=O)c2ccccc2C1=O. The summed E-state index contributed by atoms with van der Waals surface area (Å²) in [4.78, 5) is 53.7. The van der Waals surface area contributed by atoms with Crippen molar-refractivity contribution in [3.63, 3.8) is 0 Å². The number of nitrogens with one attached hydrogen (secondary N) is 1. The molecule has 1 N–H and O–H groups in total. The first-order valence-corrected chi connectivity index (χ1v) is 11.4. The van der Waals surface area contributed by atoms with E-state index < -0.39 is 6.04 Å². The zero-order valence-electron chi connectivity index (χ0n) is 19.5. The summed E-state index contributed by atoms with van der Waals surface area (Å²) in [6.07, 6.45) is 1.27. The highest BCUT2D eigenvalue weighted by Crippen LogP contribution is 2.23. The van der Waals surface area contributed by atoms with Crippen molar-refractivity contribution in [3.8, 4) is 0 Å². The Labute approximate surface area is 194 Å². The molecule has 0 saturated heterocycles. The van der Waals surface area contributed by atoms with Gasteiger partial charge in [-0.05, 0) is 49.9 Å². The van der Waals surface area contributed by atoms with Crippen LogP contribution in [0.1, 0.15) is 65.0 Å². The van der Waals surface area contributed by atoms with Crippen LogP contribution < -0.4 is 5.32 Å². The maximum absolute atomic E-state index is 13.2. The van der Waals surface area contributed by atoms with Crippen LogP contribution in [0.3, 0.4) is 0 Å². The lowest BCUT2D eigenvalue weighted by Crippen LogP contribution is -2.48. The molecule has 0 spiro atoms. The van der Waals surface area contributed by atoms with Crippen molar-refractivity contribution >= 4 is 23.6 Å². The third-order valence-electron chi connectivity index (χ3n) is 5.97. The highest BCUT2D eigenvalue weighted by Gasteiger charge is 2.35. The number of nitrogens with zero attached hydrogens (tertiary/aromatic N) is 2. The number of rotatable bonds is 10. The Hall–Kier alpha value is -3.48. The minimum Gasteiger partial charge on any atom is -0.354 e. The zero-order valence-corrected chi connectivity index (χ0v) is 19.5. The number of hydrogen-bond acceptors (Lipinski definition) is 4. The Balaban J connectivity index is 1.67. The molecule has 0 bridgehead atoms. The van der Waals surface area contributed by atoms with E-state index in [0.717, 1.165) is 17.5 Å². The zero-order chi connectivity index (χ0) is 24.0. The number of hydrogen-bond donors (Lipinski definition) is 1. The van der Waals surface area contributed by atoms with E-state index in [1.54, 1.807) is 36.1 Å². The molecule has 174 valence electrons. The molecule has 1 aliphatic rings. The van der Waals surface area contributed by atoms with Crippen molar-refractivity contribution in [1.29, 1.82) is 0 Å². The normalized spacial score (nSPS) is 13.6. The van der Waals surface area contributed by atoms with Gasteiger partial charge in [0.25, 0.3) is 11.8 Å². The minimum absolute atomic E-state index is 0.130. The van der Waals surface area contributed by atoms with Gasteiger partial charge in [-0.15, -0.1) is 0 Å². The lowest BCUT2D eigenvalue weighted by Gasteiger charge is -2.29. The number of benzene rings is 2. The van der Waals surface area contributed by atoms with E-state index in [2.05, 4.69) is 5.32 Å². The monoisotopic (exact) mass is 449 g/mol. The Morgan fingerprint density at radius 3 is 2.21 bits per heavy atom. The molecular weight excluding hydrogens is 418 g/mol. The van der Waals surface area contributed by atoms with Crippen molar-refractivity contribution in [3.05, 3.63) is 70.8 Å². The van der Waals surface area contributed by atoms with Crippen LogP contribution >= 0.6 is 0 Å². The summed E-state index contributed by atoms with van der Waals surface area (Å²) in [5.74, 6) is -1.03. The van der Waals surface area contributed by atoms with E-state index in [-0.39, 0.29) is 36.6 Å². The molecule has 0 aromatic heterocycles. The predicted octanol–water partition coefficient (Wildman–Crippen LogP) is 3.31. The summed E-state index contributed by atoms with van der Waals surface area (Å²) in [5, 5.41) is 2.86. The summed E-state index contributed by atoms with van der Waals surface area (Å²) < 4.78 is 0. The molecule has 0 fully saturated rings. The first-order valence-electron chi connectivity index (χ1n) is 11.4. The molecule has 2 aromatic rings. The number of imide groups is 1. The fourth-order valence-corrected chi connectivity index (χ4v) is 3.92. The molecule has 7 nitrogen and oxygen atoms in total. The van der Waals surface area contributed by atoms with Gasteiger partial charge in [0.1, 0.15) is 6.04 Å². The third kappa shape index (κ3) is 5.48. The van der Waals surface area contributed by atoms with Crippen molar-refractivity contribution in [2.24, 2.45) is 0 Å². The van der Waals surface area contributed by atoms with Crippen LogP contribution in [0.2, 0.25) is 0 Å². The molecular formula is C26H31N3O4. The van der Waals surface area contributed by atoms with E-state index in [9.17, 15) is 19.2 Å². The van der Waals surface area contributed by atoms with Crippen LogP contribution in [0, 0.1) is 6.92 Å². The first kappa shape index (κ1) is 24.2. The lowest BCUT2D eigenvalue weighted by atomic mass is 10.1. The van der Waals surface area contributed by atoms with Gasteiger partial charge in [0.05, 0.1) is 11.1 Å². The molecule has 3 rings (SSSR count). The summed E-state index contributed by atoms with van der Waals surface area (Å²) in [6.45, 7) is 6.70. The van der Waals surface area contributed by atoms with Gasteiger partial charge in [0.15, 0.2) is 0 Å². The van der Waals surface area contributed by atoms with Gasteiger partial charge in [-0.2, -0.15) is 0 Å². The lowest BCUT2D eigenvalue weighted by molar-refractivity contribution is -0.140. The summed E-state index contributed by atoms with van der Waals surface area (Å²) in [5.41, 5.74) is 2.82. The van der Waals surface area contributed by atoms with Crippen molar-refractivity contribution in [2.45, 2.75) is 52.6 Å². The van der Waals surface area contributed by atoms with Gasteiger partial charge in [0, 0.05) is 26.1 Å². The summed E-state index contributed by atoms with van der Waals surface area (Å²) >= 11 is 0. The summed E-state index contributed by atoms with van der Waals surface area (Å²) in [6, 6.07) is 13.9. The molecule has 0 aliphatic carbocycles. The standard InChI is InChI=1S/C26H31N3O4/c1-4-15-27-24(31)19(3)29(17-20-11-6-5-10-18(20)2)23(30)14-9-16-28-25(32)21-12-7-8-13-22(21)26(28)33/h5-8,10-13,19H,4,9,14-17H2,1-3H3,(H,27,31)/t19-/m0/s1. The van der Waals surface area contributed by atoms with E-state index in [1.807, 2.05) is 38.1 Å². The van der Waals surface area contributed by atoms with Crippen LogP contribution in [0.15, 0.2) is 48.5 Å². The molecule has 0 radical (unpaired) electrons. The van der Waals surface area contributed by atoms with Gasteiger partial charge >= 0.3 is 0 Å². The molecule has 4 amide bonds. The largest absolute Gasteiger partial charge is 0.354 e. The number of carbonyl (C=O) groups excluding carboxylic acids is 4. The second-order valence-corrected chi connectivity index (χ2v) is 8.33. The van der Waals surface area contributed by atoms with Crippen LogP contribution in [-0.4, -0.2) is 52.6 Å². The molecule has 0 saturated carbocycles. The number of aryl methyl sites for hydroxylation is 1. The second-order valence-electron chi connectivity index (χ2n) is 8.33. The van der Waals surface area contributed by atoms with E-state index in [4.69, 9.17) is 0 Å². The Bertz CT molecular complexity index is 1010. The molecule has 0 unspecified atom stereocenters. The smallest absolute Gasteiger partial charge is 0.261 e. The summed E-state index contributed by atoms with van der Waals surface area (Å²) in [7, 11) is 0. The van der Waals surface area contributed by atoms with Crippen molar-refractivity contribution in [1.82, 2.24) is 15.1 Å². The van der Waals surface area contributed by atoms with E-state index >= 15 is 0 Å². The fourth-order valence-electron chi connectivity index (χ4n) is 3.92. The number of amides is 4. The average Bonchev–Trinajstić information content (AvgIpc) is 3.06. The van der Waals surface area contributed by atoms with Gasteiger partial charge in [0.2, 0.25) is 11.8 Å². The Morgan fingerprint density at radius 1 is 1.00 bits per heavy atom. The first-order chi connectivity index (χ1) is 15.8. The maximum Gasteiger partial charge on any atom is 0.261 e. The van der Waals surface area contributed by atoms with Crippen LogP contribution in [0.4, 0.5) is 0 Å². The molecule has 1 heterocycles.